The monoisotopic (exact) mass is 459 g/mol. The van der Waals surface area contributed by atoms with Crippen LogP contribution in [0.1, 0.15) is 26.3 Å². The van der Waals surface area contributed by atoms with E-state index in [-0.39, 0.29) is 33.2 Å². The van der Waals surface area contributed by atoms with Crippen molar-refractivity contribution < 1.29 is 18.0 Å². The van der Waals surface area contributed by atoms with Crippen LogP contribution in [0.5, 0.6) is 0 Å². The van der Waals surface area contributed by atoms with Crippen LogP contribution in [0.3, 0.4) is 0 Å². The minimum absolute atomic E-state index is 0.0585. The number of carbonyl (C=O) groups excluding carboxylic acids is 2. The van der Waals surface area contributed by atoms with E-state index in [0.717, 1.165) is 11.3 Å². The number of nitrogens with zero attached hydrogens (tertiary/aromatic N) is 3. The number of carbonyl (C=O) groups is 2. The van der Waals surface area contributed by atoms with Gasteiger partial charge in [-0.1, -0.05) is 24.3 Å². The molecule has 9 nitrogen and oxygen atoms in total. The van der Waals surface area contributed by atoms with Gasteiger partial charge in [0.25, 0.3) is 11.8 Å². The van der Waals surface area contributed by atoms with Crippen molar-refractivity contribution in [2.75, 3.05) is 5.32 Å². The molecule has 0 spiro atoms. The van der Waals surface area contributed by atoms with E-state index in [1.807, 2.05) is 24.3 Å². The molecule has 164 valence electrons. The van der Waals surface area contributed by atoms with Crippen LogP contribution in [0.2, 0.25) is 0 Å². The standard InChI is InChI=1S/C23H17N5O4S/c29-22(24-14-15-4-3-5-17(12-15)28-25-10-11-26-28)16-8-9-21-19(13-16)27-23(30)18-6-1-2-7-20(18)33(21,31)32/h1-13H,14H2,(H,24,29)(H,27,30). The van der Waals surface area contributed by atoms with Crippen molar-refractivity contribution in [2.24, 2.45) is 0 Å². The van der Waals surface area contributed by atoms with Gasteiger partial charge in [-0.2, -0.15) is 15.0 Å². The molecule has 0 radical (unpaired) electrons. The van der Waals surface area contributed by atoms with Crippen molar-refractivity contribution in [3.8, 4) is 5.69 Å². The number of rotatable bonds is 4. The van der Waals surface area contributed by atoms with Crippen LogP contribution in [0.25, 0.3) is 5.69 Å². The van der Waals surface area contributed by atoms with Gasteiger partial charge in [0.1, 0.15) is 0 Å². The normalized spacial score (nSPS) is 13.9. The zero-order chi connectivity index (χ0) is 23.0. The Morgan fingerprint density at radius 3 is 2.55 bits per heavy atom. The molecule has 1 aliphatic rings. The van der Waals surface area contributed by atoms with Gasteiger partial charge in [-0.25, -0.2) is 8.42 Å². The van der Waals surface area contributed by atoms with Crippen LogP contribution in [-0.2, 0) is 16.4 Å². The molecular formula is C23H17N5O4S. The van der Waals surface area contributed by atoms with E-state index in [1.54, 1.807) is 24.5 Å². The summed E-state index contributed by atoms with van der Waals surface area (Å²) in [6, 6.07) is 17.5. The summed E-state index contributed by atoms with van der Waals surface area (Å²) in [7, 11) is -3.92. The van der Waals surface area contributed by atoms with Crippen LogP contribution in [0, 0.1) is 0 Å². The van der Waals surface area contributed by atoms with Crippen molar-refractivity contribution >= 4 is 27.3 Å². The average molecular weight is 459 g/mol. The number of sulfone groups is 1. The molecule has 2 amide bonds. The number of aromatic nitrogens is 3. The number of hydrogen-bond acceptors (Lipinski definition) is 6. The summed E-state index contributed by atoms with van der Waals surface area (Å²) in [6.07, 6.45) is 3.15. The summed E-state index contributed by atoms with van der Waals surface area (Å²) < 4.78 is 26.2. The maximum absolute atomic E-state index is 13.1. The van der Waals surface area contributed by atoms with E-state index >= 15 is 0 Å². The topological polar surface area (TPSA) is 123 Å². The summed E-state index contributed by atoms with van der Waals surface area (Å²) in [4.78, 5) is 26.7. The molecule has 2 heterocycles. The first-order valence-electron chi connectivity index (χ1n) is 9.97. The van der Waals surface area contributed by atoms with Crippen molar-refractivity contribution in [2.45, 2.75) is 16.3 Å². The minimum Gasteiger partial charge on any atom is -0.348 e. The van der Waals surface area contributed by atoms with Gasteiger partial charge in [-0.15, -0.1) is 0 Å². The van der Waals surface area contributed by atoms with Gasteiger partial charge in [0.15, 0.2) is 0 Å². The molecule has 0 atom stereocenters. The number of benzene rings is 3. The zero-order valence-electron chi connectivity index (χ0n) is 17.1. The first-order valence-corrected chi connectivity index (χ1v) is 11.5. The van der Waals surface area contributed by atoms with Gasteiger partial charge in [-0.05, 0) is 48.0 Å². The maximum atomic E-state index is 13.1. The molecule has 2 N–H and O–H groups in total. The van der Waals surface area contributed by atoms with Gasteiger partial charge in [0.05, 0.1) is 39.1 Å². The summed E-state index contributed by atoms with van der Waals surface area (Å²) >= 11 is 0. The third-order valence-corrected chi connectivity index (χ3v) is 7.08. The lowest BCUT2D eigenvalue weighted by atomic mass is 10.1. The summed E-state index contributed by atoms with van der Waals surface area (Å²) in [5.74, 6) is -0.955. The first kappa shape index (κ1) is 20.6. The molecule has 0 fully saturated rings. The molecule has 10 heteroatoms. The molecule has 0 aliphatic carbocycles. The Balaban J connectivity index is 1.39. The number of hydrogen-bond donors (Lipinski definition) is 2. The van der Waals surface area contributed by atoms with Gasteiger partial charge >= 0.3 is 0 Å². The molecule has 5 rings (SSSR count). The minimum atomic E-state index is -3.92. The van der Waals surface area contributed by atoms with E-state index in [4.69, 9.17) is 0 Å². The lowest BCUT2D eigenvalue weighted by molar-refractivity contribution is 0.0949. The van der Waals surface area contributed by atoms with Crippen molar-refractivity contribution in [3.63, 3.8) is 0 Å². The molecule has 0 unspecified atom stereocenters. The maximum Gasteiger partial charge on any atom is 0.257 e. The Bertz CT molecular complexity index is 1500. The quantitative estimate of drug-likeness (QED) is 0.484. The van der Waals surface area contributed by atoms with Gasteiger partial charge in [-0.3, -0.25) is 9.59 Å². The van der Waals surface area contributed by atoms with Gasteiger partial charge in [0.2, 0.25) is 9.84 Å². The summed E-state index contributed by atoms with van der Waals surface area (Å²) in [6.45, 7) is 0.237. The molecule has 0 bridgehead atoms. The molecule has 3 aromatic carbocycles. The van der Waals surface area contributed by atoms with Crippen molar-refractivity contribution in [3.05, 3.63) is 95.8 Å². The molecule has 1 aliphatic heterocycles. The van der Waals surface area contributed by atoms with Crippen LogP contribution >= 0.6 is 0 Å². The molecule has 0 saturated carbocycles. The SMILES string of the molecule is O=C(NCc1cccc(-n2nccn2)c1)c1ccc2c(c1)NC(=O)c1ccccc1S2(=O)=O. The smallest absolute Gasteiger partial charge is 0.257 e. The van der Waals surface area contributed by atoms with Crippen molar-refractivity contribution in [1.29, 1.82) is 0 Å². The molecule has 1 aromatic heterocycles. The first-order chi connectivity index (χ1) is 15.9. The number of anilines is 1. The number of amides is 2. The van der Waals surface area contributed by atoms with E-state index in [9.17, 15) is 18.0 Å². The fraction of sp³-hybridized carbons (Fsp3) is 0.0435. The molecular weight excluding hydrogens is 442 g/mol. The van der Waals surface area contributed by atoms with E-state index in [2.05, 4.69) is 20.8 Å². The Morgan fingerprint density at radius 2 is 1.73 bits per heavy atom. The average Bonchev–Trinajstić information content (AvgIpc) is 3.35. The molecule has 4 aromatic rings. The van der Waals surface area contributed by atoms with E-state index in [0.29, 0.717) is 0 Å². The van der Waals surface area contributed by atoms with Crippen LogP contribution in [0.15, 0.2) is 88.9 Å². The van der Waals surface area contributed by atoms with Crippen LogP contribution in [0.4, 0.5) is 5.69 Å². The second-order valence-electron chi connectivity index (χ2n) is 7.34. The third-order valence-electron chi connectivity index (χ3n) is 5.21. The lowest BCUT2D eigenvalue weighted by Crippen LogP contribution is -2.23. The Kier molecular flexibility index (Phi) is 4.98. The van der Waals surface area contributed by atoms with Crippen LogP contribution in [-0.4, -0.2) is 35.2 Å². The number of fused-ring (bicyclic) bond motifs is 2. The molecule has 0 saturated heterocycles. The fourth-order valence-electron chi connectivity index (χ4n) is 3.62. The fourth-order valence-corrected chi connectivity index (χ4v) is 5.22. The van der Waals surface area contributed by atoms with Gasteiger partial charge < -0.3 is 10.6 Å². The highest BCUT2D eigenvalue weighted by Crippen LogP contribution is 2.34. The largest absolute Gasteiger partial charge is 0.348 e. The van der Waals surface area contributed by atoms with E-state index < -0.39 is 21.7 Å². The predicted molar refractivity (Wildman–Crippen MR) is 119 cm³/mol. The Morgan fingerprint density at radius 1 is 0.939 bits per heavy atom. The Labute approximate surface area is 189 Å². The lowest BCUT2D eigenvalue weighted by Gasteiger charge is -2.11. The van der Waals surface area contributed by atoms with E-state index in [1.165, 1.54) is 35.1 Å². The number of nitrogens with one attached hydrogen (secondary N) is 2. The van der Waals surface area contributed by atoms with Gasteiger partial charge in [0, 0.05) is 12.1 Å². The highest BCUT2D eigenvalue weighted by Gasteiger charge is 2.31. The Hall–Kier alpha value is -4.31. The second-order valence-corrected chi connectivity index (χ2v) is 9.22. The summed E-state index contributed by atoms with van der Waals surface area (Å²) in [5, 5.41) is 13.6. The molecule has 33 heavy (non-hydrogen) atoms. The van der Waals surface area contributed by atoms with Crippen molar-refractivity contribution in [1.82, 2.24) is 20.3 Å². The second kappa shape index (κ2) is 7.99. The third kappa shape index (κ3) is 3.76. The highest BCUT2D eigenvalue weighted by molar-refractivity contribution is 7.91. The summed E-state index contributed by atoms with van der Waals surface area (Å²) in [5.41, 5.74) is 1.94. The van der Waals surface area contributed by atoms with Crippen LogP contribution < -0.4 is 10.6 Å². The highest BCUT2D eigenvalue weighted by atomic mass is 32.2. The predicted octanol–water partition coefficient (Wildman–Crippen LogP) is 2.60. The zero-order valence-corrected chi connectivity index (χ0v) is 17.9.